The quantitative estimate of drug-likeness (QED) is 0.599. The highest BCUT2D eigenvalue weighted by molar-refractivity contribution is 9.10. The lowest BCUT2D eigenvalue weighted by Crippen LogP contribution is -2.42. The normalized spacial score (nSPS) is 10.7. The van der Waals surface area contributed by atoms with Gasteiger partial charge < -0.3 is 9.55 Å². The average Bonchev–Trinajstić information content (AvgIpc) is 3.06. The van der Waals surface area contributed by atoms with E-state index in [-0.39, 0.29) is 11.5 Å². The number of halogens is 2. The number of fused-ring (bicyclic) bond motifs is 1. The summed E-state index contributed by atoms with van der Waals surface area (Å²) in [5, 5.41) is 0.577. The van der Waals surface area contributed by atoms with Crippen LogP contribution < -0.4 is 10.9 Å². The van der Waals surface area contributed by atoms with Crippen molar-refractivity contribution in [2.24, 2.45) is 7.05 Å². The number of rotatable bonds is 2. The van der Waals surface area contributed by atoms with E-state index in [2.05, 4.69) is 31.8 Å². The molecule has 2 aromatic heterocycles. The second kappa shape index (κ2) is 5.88. The van der Waals surface area contributed by atoms with Crippen LogP contribution in [0.25, 0.3) is 10.9 Å². The second-order valence-corrected chi connectivity index (χ2v) is 5.89. The number of nitrogens with zero attached hydrogens (tertiary/aromatic N) is 1. The molecule has 118 valence electrons. The van der Waals surface area contributed by atoms with E-state index in [1.807, 2.05) is 0 Å². The maximum atomic E-state index is 13.2. The second-order valence-electron chi connectivity index (χ2n) is 4.98. The number of aryl methyl sites for hydroxylation is 1. The van der Waals surface area contributed by atoms with Crippen LogP contribution in [0.15, 0.2) is 41.0 Å². The van der Waals surface area contributed by atoms with E-state index in [9.17, 15) is 14.0 Å². The predicted molar refractivity (Wildman–Crippen MR) is 86.3 cm³/mol. The number of nitrogens with one attached hydrogen (secondary N) is 3. The van der Waals surface area contributed by atoms with Gasteiger partial charge in [0.1, 0.15) is 17.2 Å². The van der Waals surface area contributed by atoms with Crippen LogP contribution in [-0.2, 0) is 7.05 Å². The van der Waals surface area contributed by atoms with Gasteiger partial charge in [-0.1, -0.05) is 0 Å². The number of benzene rings is 1. The standard InChI is InChI=1S/C15H12BrFN4O2/c1-21-7-9(16)6-13(21)15(23)20-19-14(22)12-5-8-4-10(17)2-3-11(8)18-12/h2-7,18H,1H3,(H,19,22)(H,20,23). The Morgan fingerprint density at radius 1 is 1.17 bits per heavy atom. The number of carbonyl (C=O) groups excluding carboxylic acids is 2. The topological polar surface area (TPSA) is 78.9 Å². The number of aromatic nitrogens is 2. The van der Waals surface area contributed by atoms with E-state index in [0.29, 0.717) is 16.6 Å². The smallest absolute Gasteiger partial charge is 0.286 e. The molecule has 0 atom stereocenters. The van der Waals surface area contributed by atoms with Crippen LogP contribution in [0.5, 0.6) is 0 Å². The van der Waals surface area contributed by atoms with Crippen LogP contribution in [0.3, 0.4) is 0 Å². The van der Waals surface area contributed by atoms with Crippen molar-refractivity contribution in [1.29, 1.82) is 0 Å². The Kier molecular flexibility index (Phi) is 3.91. The summed E-state index contributed by atoms with van der Waals surface area (Å²) in [6, 6.07) is 7.31. The highest BCUT2D eigenvalue weighted by Gasteiger charge is 2.14. The van der Waals surface area contributed by atoms with Gasteiger partial charge in [-0.25, -0.2) is 4.39 Å². The molecule has 0 saturated carbocycles. The Bertz CT molecular complexity index is 915. The van der Waals surface area contributed by atoms with Crippen molar-refractivity contribution in [1.82, 2.24) is 20.4 Å². The minimum Gasteiger partial charge on any atom is -0.350 e. The highest BCUT2D eigenvalue weighted by Crippen LogP contribution is 2.16. The molecule has 0 aliphatic rings. The van der Waals surface area contributed by atoms with Crippen LogP contribution in [-0.4, -0.2) is 21.4 Å². The number of aromatic amines is 1. The van der Waals surface area contributed by atoms with E-state index in [4.69, 9.17) is 0 Å². The van der Waals surface area contributed by atoms with Crippen LogP contribution in [0.1, 0.15) is 21.0 Å². The Balaban J connectivity index is 1.71. The summed E-state index contributed by atoms with van der Waals surface area (Å²) in [4.78, 5) is 26.9. The molecule has 0 radical (unpaired) electrons. The molecule has 0 saturated heterocycles. The molecule has 8 heteroatoms. The van der Waals surface area contributed by atoms with Gasteiger partial charge in [0.15, 0.2) is 0 Å². The monoisotopic (exact) mass is 378 g/mol. The molecule has 0 aliphatic carbocycles. The first kappa shape index (κ1) is 15.3. The fraction of sp³-hybridized carbons (Fsp3) is 0.0667. The molecular formula is C15H12BrFN4O2. The molecule has 6 nitrogen and oxygen atoms in total. The van der Waals surface area contributed by atoms with Crippen LogP contribution >= 0.6 is 15.9 Å². The summed E-state index contributed by atoms with van der Waals surface area (Å²) < 4.78 is 15.5. The molecule has 2 amide bonds. The maximum absolute atomic E-state index is 13.2. The summed E-state index contributed by atoms with van der Waals surface area (Å²) >= 11 is 3.27. The Labute approximate surface area is 138 Å². The van der Waals surface area contributed by atoms with Crippen molar-refractivity contribution in [3.05, 3.63) is 58.2 Å². The van der Waals surface area contributed by atoms with Crippen LogP contribution in [0, 0.1) is 5.82 Å². The molecule has 2 heterocycles. The molecule has 0 unspecified atom stereocenters. The lowest BCUT2D eigenvalue weighted by molar-refractivity contribution is 0.0840. The number of hydrazine groups is 1. The Hall–Kier alpha value is -2.61. The summed E-state index contributed by atoms with van der Waals surface area (Å²) in [6.07, 6.45) is 1.73. The number of hydrogen-bond acceptors (Lipinski definition) is 2. The van der Waals surface area contributed by atoms with Crippen molar-refractivity contribution in [2.45, 2.75) is 0 Å². The van der Waals surface area contributed by atoms with Gasteiger partial charge in [-0.15, -0.1) is 0 Å². The van der Waals surface area contributed by atoms with Crippen molar-refractivity contribution in [2.75, 3.05) is 0 Å². The van der Waals surface area contributed by atoms with Gasteiger partial charge in [-0.3, -0.25) is 20.4 Å². The summed E-state index contributed by atoms with van der Waals surface area (Å²) in [5.74, 6) is -1.36. The molecule has 3 aromatic rings. The summed E-state index contributed by atoms with van der Waals surface area (Å²) in [7, 11) is 1.72. The van der Waals surface area contributed by atoms with Crippen LogP contribution in [0.4, 0.5) is 4.39 Å². The van der Waals surface area contributed by atoms with E-state index in [0.717, 1.165) is 4.47 Å². The van der Waals surface area contributed by atoms with E-state index < -0.39 is 11.8 Å². The SMILES string of the molecule is Cn1cc(Br)cc1C(=O)NNC(=O)c1cc2cc(F)ccc2[nH]1. The molecule has 3 N–H and O–H groups in total. The van der Waals surface area contributed by atoms with Crippen molar-refractivity contribution >= 4 is 38.6 Å². The predicted octanol–water partition coefficient (Wildman–Crippen LogP) is 2.48. The lowest BCUT2D eigenvalue weighted by atomic mass is 10.2. The van der Waals surface area contributed by atoms with Gasteiger partial charge in [-0.05, 0) is 46.3 Å². The third-order valence-electron chi connectivity index (χ3n) is 3.32. The van der Waals surface area contributed by atoms with Gasteiger partial charge >= 0.3 is 0 Å². The minimum absolute atomic E-state index is 0.221. The third-order valence-corrected chi connectivity index (χ3v) is 3.75. The van der Waals surface area contributed by atoms with E-state index in [1.54, 1.807) is 29.9 Å². The number of hydrogen-bond donors (Lipinski definition) is 3. The Morgan fingerprint density at radius 2 is 1.91 bits per heavy atom. The zero-order valence-electron chi connectivity index (χ0n) is 12.0. The summed E-state index contributed by atoms with van der Waals surface area (Å²) in [6.45, 7) is 0. The fourth-order valence-corrected chi connectivity index (χ4v) is 2.74. The number of H-pyrrole nitrogens is 1. The van der Waals surface area contributed by atoms with Gasteiger partial charge in [0.05, 0.1) is 0 Å². The molecule has 0 bridgehead atoms. The maximum Gasteiger partial charge on any atom is 0.286 e. The molecule has 0 fully saturated rings. The molecule has 0 aliphatic heterocycles. The molecule has 1 aromatic carbocycles. The van der Waals surface area contributed by atoms with Crippen molar-refractivity contribution in [3.8, 4) is 0 Å². The first-order valence-corrected chi connectivity index (χ1v) is 7.44. The van der Waals surface area contributed by atoms with Gasteiger partial charge in [0.2, 0.25) is 0 Å². The molecule has 0 spiro atoms. The zero-order chi connectivity index (χ0) is 16.6. The highest BCUT2D eigenvalue weighted by atomic mass is 79.9. The van der Waals surface area contributed by atoms with Crippen LogP contribution in [0.2, 0.25) is 0 Å². The lowest BCUT2D eigenvalue weighted by Gasteiger charge is -2.06. The van der Waals surface area contributed by atoms with Crippen molar-refractivity contribution < 1.29 is 14.0 Å². The summed E-state index contributed by atoms with van der Waals surface area (Å²) in [5.41, 5.74) is 5.89. The first-order chi connectivity index (χ1) is 10.9. The number of amides is 2. The molecule has 23 heavy (non-hydrogen) atoms. The third kappa shape index (κ3) is 3.11. The molecular weight excluding hydrogens is 367 g/mol. The van der Waals surface area contributed by atoms with Gasteiger partial charge in [0.25, 0.3) is 11.8 Å². The first-order valence-electron chi connectivity index (χ1n) is 6.65. The van der Waals surface area contributed by atoms with Crippen molar-refractivity contribution in [3.63, 3.8) is 0 Å². The average molecular weight is 379 g/mol. The fourth-order valence-electron chi connectivity index (χ4n) is 2.22. The van der Waals surface area contributed by atoms with E-state index in [1.165, 1.54) is 18.2 Å². The van der Waals surface area contributed by atoms with E-state index >= 15 is 0 Å². The van der Waals surface area contributed by atoms with Gasteiger partial charge in [0, 0.05) is 28.6 Å². The zero-order valence-corrected chi connectivity index (χ0v) is 13.6. The largest absolute Gasteiger partial charge is 0.350 e. The number of carbonyl (C=O) groups is 2. The van der Waals surface area contributed by atoms with Gasteiger partial charge in [-0.2, -0.15) is 0 Å². The molecule has 3 rings (SSSR count). The minimum atomic E-state index is -0.525. The Morgan fingerprint density at radius 3 is 2.61 bits per heavy atom.